The van der Waals surface area contributed by atoms with Gasteiger partial charge in [0.1, 0.15) is 5.82 Å². The van der Waals surface area contributed by atoms with Gasteiger partial charge in [-0.15, -0.1) is 11.6 Å². The molecule has 5 heteroatoms. The van der Waals surface area contributed by atoms with Crippen LogP contribution in [0.3, 0.4) is 0 Å². The maximum absolute atomic E-state index is 6.37. The molecular formula is C16H13Cl3N2. The van der Waals surface area contributed by atoms with Gasteiger partial charge in [-0.1, -0.05) is 41.4 Å². The first-order chi connectivity index (χ1) is 10.1. The summed E-state index contributed by atoms with van der Waals surface area (Å²) in [7, 11) is 0. The molecule has 0 bridgehead atoms. The summed E-state index contributed by atoms with van der Waals surface area (Å²) in [5.41, 5.74) is 3.82. The molecule has 3 rings (SSSR count). The minimum atomic E-state index is 0.491. The number of benzene rings is 2. The maximum atomic E-state index is 6.37. The number of aromatic nitrogens is 2. The molecule has 108 valence electrons. The van der Waals surface area contributed by atoms with Crippen molar-refractivity contribution in [1.29, 1.82) is 0 Å². The van der Waals surface area contributed by atoms with Gasteiger partial charge < -0.3 is 0 Å². The van der Waals surface area contributed by atoms with Crippen LogP contribution in [0.15, 0.2) is 36.4 Å². The molecule has 0 amide bonds. The fourth-order valence-corrected chi connectivity index (χ4v) is 3.23. The quantitative estimate of drug-likeness (QED) is 0.582. The lowest BCUT2D eigenvalue weighted by molar-refractivity contribution is 0.912. The van der Waals surface area contributed by atoms with Gasteiger partial charge >= 0.3 is 0 Å². The predicted octanol–water partition coefficient (Wildman–Crippen LogP) is 5.42. The van der Waals surface area contributed by atoms with Crippen LogP contribution >= 0.6 is 34.8 Å². The molecule has 0 aliphatic carbocycles. The molecule has 2 aromatic carbocycles. The van der Waals surface area contributed by atoms with Gasteiger partial charge in [0.2, 0.25) is 0 Å². The number of rotatable bonds is 3. The van der Waals surface area contributed by atoms with Crippen molar-refractivity contribution in [2.75, 3.05) is 5.88 Å². The van der Waals surface area contributed by atoms with E-state index in [9.17, 15) is 0 Å². The third-order valence-electron chi connectivity index (χ3n) is 3.44. The van der Waals surface area contributed by atoms with Crippen LogP contribution in [0.5, 0.6) is 0 Å². The van der Waals surface area contributed by atoms with E-state index in [1.165, 1.54) is 0 Å². The number of fused-ring (bicyclic) bond motifs is 1. The second-order valence-corrected chi connectivity index (χ2v) is 6.01. The van der Waals surface area contributed by atoms with Gasteiger partial charge in [-0.25, -0.2) is 4.98 Å². The third kappa shape index (κ3) is 2.52. The Morgan fingerprint density at radius 2 is 1.71 bits per heavy atom. The van der Waals surface area contributed by atoms with Gasteiger partial charge in [-0.2, -0.15) is 0 Å². The van der Waals surface area contributed by atoms with Crippen molar-refractivity contribution in [3.63, 3.8) is 0 Å². The smallest absolute Gasteiger partial charge is 0.115 e. The van der Waals surface area contributed by atoms with Gasteiger partial charge in [0.05, 0.1) is 26.8 Å². The molecule has 0 radical (unpaired) electrons. The average Bonchev–Trinajstić information content (AvgIpc) is 2.80. The number of imidazole rings is 1. The number of alkyl halides is 1. The van der Waals surface area contributed by atoms with Crippen molar-refractivity contribution in [1.82, 2.24) is 9.55 Å². The second-order valence-electron chi connectivity index (χ2n) is 4.82. The van der Waals surface area contributed by atoms with Crippen LogP contribution in [0.4, 0.5) is 0 Å². The molecule has 0 saturated carbocycles. The lowest BCUT2D eigenvalue weighted by atomic mass is 10.2. The molecule has 0 fully saturated rings. The Bertz CT molecular complexity index is 788. The number of para-hydroxylation sites is 2. The number of halogens is 3. The minimum Gasteiger partial charge on any atom is -0.293 e. The molecule has 0 saturated heterocycles. The fourth-order valence-electron chi connectivity index (χ4n) is 2.49. The minimum absolute atomic E-state index is 0.491. The maximum Gasteiger partial charge on any atom is 0.115 e. The van der Waals surface area contributed by atoms with Crippen LogP contribution in [0.25, 0.3) is 16.7 Å². The van der Waals surface area contributed by atoms with Crippen LogP contribution in [0.1, 0.15) is 11.4 Å². The highest BCUT2D eigenvalue weighted by atomic mass is 35.5. The van der Waals surface area contributed by atoms with Crippen LogP contribution in [0, 0.1) is 6.92 Å². The van der Waals surface area contributed by atoms with E-state index in [2.05, 4.69) is 0 Å². The van der Waals surface area contributed by atoms with E-state index in [0.717, 1.165) is 28.1 Å². The van der Waals surface area contributed by atoms with Crippen LogP contribution in [-0.2, 0) is 6.42 Å². The van der Waals surface area contributed by atoms with Crippen molar-refractivity contribution in [3.8, 4) is 5.69 Å². The zero-order chi connectivity index (χ0) is 15.0. The summed E-state index contributed by atoms with van der Waals surface area (Å²) in [4.78, 5) is 4.72. The molecule has 0 atom stereocenters. The van der Waals surface area contributed by atoms with Gasteiger partial charge in [-0.3, -0.25) is 4.57 Å². The largest absolute Gasteiger partial charge is 0.293 e. The number of hydrogen-bond acceptors (Lipinski definition) is 1. The zero-order valence-corrected chi connectivity index (χ0v) is 13.7. The first-order valence-electron chi connectivity index (χ1n) is 6.60. The van der Waals surface area contributed by atoms with Crippen molar-refractivity contribution >= 4 is 45.8 Å². The standard InChI is InChI=1S/C16H13Cl3N2/c1-10-4-2-7-13-15(10)20-14(8-9-17)21(13)16-11(18)5-3-6-12(16)19/h2-7H,8-9H2,1H3. The van der Waals surface area contributed by atoms with E-state index in [0.29, 0.717) is 22.3 Å². The normalized spacial score (nSPS) is 11.2. The number of nitrogens with zero attached hydrogens (tertiary/aromatic N) is 2. The first-order valence-corrected chi connectivity index (χ1v) is 7.90. The average molecular weight is 340 g/mol. The second kappa shape index (κ2) is 5.88. The summed E-state index contributed by atoms with van der Waals surface area (Å²) in [6.45, 7) is 2.04. The summed E-state index contributed by atoms with van der Waals surface area (Å²) in [5.74, 6) is 1.36. The first kappa shape index (κ1) is 14.7. The van der Waals surface area contributed by atoms with Gasteiger partial charge in [0.15, 0.2) is 0 Å². The van der Waals surface area contributed by atoms with Crippen LogP contribution in [0.2, 0.25) is 10.0 Å². The lowest BCUT2D eigenvalue weighted by Gasteiger charge is -2.12. The molecule has 0 aliphatic rings. The predicted molar refractivity (Wildman–Crippen MR) is 90.3 cm³/mol. The Morgan fingerprint density at radius 3 is 2.38 bits per heavy atom. The van der Waals surface area contributed by atoms with E-state index in [1.54, 1.807) is 0 Å². The molecule has 2 nitrogen and oxygen atoms in total. The molecular weight excluding hydrogens is 327 g/mol. The number of aryl methyl sites for hydroxylation is 2. The summed E-state index contributed by atoms with van der Waals surface area (Å²) >= 11 is 18.7. The molecule has 0 N–H and O–H groups in total. The third-order valence-corrected chi connectivity index (χ3v) is 4.23. The van der Waals surface area contributed by atoms with E-state index in [1.807, 2.05) is 47.9 Å². The lowest BCUT2D eigenvalue weighted by Crippen LogP contribution is -2.03. The SMILES string of the molecule is Cc1cccc2c1nc(CCCl)n2-c1c(Cl)cccc1Cl. The highest BCUT2D eigenvalue weighted by Crippen LogP contribution is 2.33. The molecule has 0 unspecified atom stereocenters. The highest BCUT2D eigenvalue weighted by Gasteiger charge is 2.17. The summed E-state index contributed by atoms with van der Waals surface area (Å²) < 4.78 is 2.01. The van der Waals surface area contributed by atoms with Gasteiger partial charge in [0, 0.05) is 12.3 Å². The van der Waals surface area contributed by atoms with E-state index < -0.39 is 0 Å². The number of hydrogen-bond donors (Lipinski definition) is 0. The molecule has 21 heavy (non-hydrogen) atoms. The van der Waals surface area contributed by atoms with E-state index in [4.69, 9.17) is 39.8 Å². The van der Waals surface area contributed by atoms with Crippen LogP contribution < -0.4 is 0 Å². The van der Waals surface area contributed by atoms with Gasteiger partial charge in [-0.05, 0) is 30.7 Å². The fraction of sp³-hybridized carbons (Fsp3) is 0.188. The van der Waals surface area contributed by atoms with Crippen molar-refractivity contribution in [2.24, 2.45) is 0 Å². The zero-order valence-electron chi connectivity index (χ0n) is 11.4. The molecule has 0 spiro atoms. The van der Waals surface area contributed by atoms with Gasteiger partial charge in [0.25, 0.3) is 0 Å². The van der Waals surface area contributed by atoms with Crippen molar-refractivity contribution < 1.29 is 0 Å². The monoisotopic (exact) mass is 338 g/mol. The van der Waals surface area contributed by atoms with Crippen molar-refractivity contribution in [3.05, 3.63) is 57.8 Å². The Kier molecular flexibility index (Phi) is 4.12. The Balaban J connectivity index is 2.40. The summed E-state index contributed by atoms with van der Waals surface area (Å²) in [6.07, 6.45) is 0.650. The molecule has 0 aliphatic heterocycles. The van der Waals surface area contributed by atoms with Crippen LogP contribution in [-0.4, -0.2) is 15.4 Å². The Hall–Kier alpha value is -1.22. The van der Waals surface area contributed by atoms with Crippen molar-refractivity contribution in [2.45, 2.75) is 13.3 Å². The molecule has 3 aromatic rings. The topological polar surface area (TPSA) is 17.8 Å². The summed E-state index contributed by atoms with van der Waals surface area (Å²) in [6, 6.07) is 11.6. The Labute approximate surface area is 138 Å². The summed E-state index contributed by atoms with van der Waals surface area (Å²) in [5, 5.41) is 1.19. The van der Waals surface area contributed by atoms with E-state index in [-0.39, 0.29) is 0 Å². The highest BCUT2D eigenvalue weighted by molar-refractivity contribution is 6.37. The molecule has 1 aromatic heterocycles. The van der Waals surface area contributed by atoms with E-state index >= 15 is 0 Å². The molecule has 1 heterocycles. The Morgan fingerprint density at radius 1 is 1.05 bits per heavy atom.